The first-order chi connectivity index (χ1) is 14.7. The van der Waals surface area contributed by atoms with Gasteiger partial charge in [-0.15, -0.1) is 11.8 Å². The standard InChI is InChI=1S/C20H19ClN6OS2/c21-30-18-10-26-20(27-11-18)15(7-23)12-28-16-3-1-14(2-4-16)13-29-17-8-24-19(5-6-22)25-9-17/h1-11H,12-13,22-23H2. The fourth-order valence-electron chi connectivity index (χ4n) is 2.29. The van der Waals surface area contributed by atoms with Gasteiger partial charge in [-0.25, -0.2) is 19.9 Å². The van der Waals surface area contributed by atoms with E-state index < -0.39 is 0 Å². The van der Waals surface area contributed by atoms with Crippen LogP contribution in [0.1, 0.15) is 17.2 Å². The highest BCUT2D eigenvalue weighted by Crippen LogP contribution is 2.24. The molecule has 0 unspecified atom stereocenters. The molecule has 2 aromatic heterocycles. The summed E-state index contributed by atoms with van der Waals surface area (Å²) in [6.07, 6.45) is 11.4. The molecular weight excluding hydrogens is 440 g/mol. The molecule has 0 fully saturated rings. The molecule has 3 aromatic rings. The molecule has 0 aliphatic rings. The lowest BCUT2D eigenvalue weighted by Gasteiger charge is -2.09. The Kier molecular flexibility index (Phi) is 8.37. The fraction of sp³-hybridized carbons (Fsp3) is 0.100. The zero-order valence-corrected chi connectivity index (χ0v) is 18.2. The highest BCUT2D eigenvalue weighted by Gasteiger charge is 2.07. The van der Waals surface area contributed by atoms with Gasteiger partial charge in [0.2, 0.25) is 0 Å². The summed E-state index contributed by atoms with van der Waals surface area (Å²) < 4.78 is 5.82. The molecule has 0 spiro atoms. The number of thioether (sulfide) groups is 1. The number of hydrogen-bond donors (Lipinski definition) is 2. The molecule has 10 heteroatoms. The van der Waals surface area contributed by atoms with Crippen molar-refractivity contribution in [1.82, 2.24) is 19.9 Å². The van der Waals surface area contributed by atoms with E-state index in [0.717, 1.165) is 37.8 Å². The topological polar surface area (TPSA) is 113 Å². The van der Waals surface area contributed by atoms with Gasteiger partial charge in [0.15, 0.2) is 11.6 Å². The van der Waals surface area contributed by atoms with Crippen LogP contribution in [0, 0.1) is 0 Å². The summed E-state index contributed by atoms with van der Waals surface area (Å²) in [5, 5.41) is 0. The van der Waals surface area contributed by atoms with Gasteiger partial charge in [-0.05, 0) is 51.6 Å². The Bertz CT molecular complexity index is 995. The van der Waals surface area contributed by atoms with E-state index in [4.69, 9.17) is 26.9 Å². The fourth-order valence-corrected chi connectivity index (χ4v) is 3.50. The molecular formula is C20H19ClN6OS2. The van der Waals surface area contributed by atoms with Crippen LogP contribution in [-0.4, -0.2) is 26.5 Å². The summed E-state index contributed by atoms with van der Waals surface area (Å²) >= 11 is 1.65. The second-order valence-corrected chi connectivity index (χ2v) is 8.01. The number of hydrogen-bond acceptors (Lipinski definition) is 9. The largest absolute Gasteiger partial charge is 0.489 e. The lowest BCUT2D eigenvalue weighted by atomic mass is 10.2. The smallest absolute Gasteiger partial charge is 0.159 e. The third-order valence-electron chi connectivity index (χ3n) is 3.82. The summed E-state index contributed by atoms with van der Waals surface area (Å²) in [6.45, 7) is 0.263. The lowest BCUT2D eigenvalue weighted by molar-refractivity contribution is 0.368. The molecule has 0 aliphatic heterocycles. The third-order valence-corrected chi connectivity index (χ3v) is 5.77. The molecule has 1 aromatic carbocycles. The maximum Gasteiger partial charge on any atom is 0.159 e. The summed E-state index contributed by atoms with van der Waals surface area (Å²) in [5.74, 6) is 2.63. The second-order valence-electron chi connectivity index (χ2n) is 5.87. The molecule has 154 valence electrons. The van der Waals surface area contributed by atoms with Crippen molar-refractivity contribution in [3.8, 4) is 5.75 Å². The van der Waals surface area contributed by atoms with Gasteiger partial charge < -0.3 is 16.2 Å². The van der Waals surface area contributed by atoms with E-state index in [-0.39, 0.29) is 6.61 Å². The lowest BCUT2D eigenvalue weighted by Crippen LogP contribution is -2.06. The quantitative estimate of drug-likeness (QED) is 0.457. The average Bonchev–Trinajstić information content (AvgIpc) is 2.80. The summed E-state index contributed by atoms with van der Waals surface area (Å²) in [7, 11) is 6.74. The molecule has 7 nitrogen and oxygen atoms in total. The van der Waals surface area contributed by atoms with Crippen LogP contribution in [-0.2, 0) is 5.75 Å². The maximum atomic E-state index is 5.82. The number of nitrogens with two attached hydrogens (primary N) is 2. The summed E-state index contributed by atoms with van der Waals surface area (Å²) in [5.41, 5.74) is 12.9. The first-order valence-electron chi connectivity index (χ1n) is 8.78. The third kappa shape index (κ3) is 6.38. The van der Waals surface area contributed by atoms with Crippen molar-refractivity contribution < 1.29 is 4.74 Å². The van der Waals surface area contributed by atoms with Crippen molar-refractivity contribution >= 4 is 45.1 Å². The molecule has 0 aliphatic carbocycles. The van der Waals surface area contributed by atoms with Gasteiger partial charge in [0.1, 0.15) is 12.4 Å². The van der Waals surface area contributed by atoms with E-state index in [1.165, 1.54) is 12.4 Å². The number of benzene rings is 1. The Morgan fingerprint density at radius 1 is 0.967 bits per heavy atom. The van der Waals surface area contributed by atoms with E-state index in [1.807, 2.05) is 24.3 Å². The Morgan fingerprint density at radius 2 is 1.63 bits per heavy atom. The number of ether oxygens (including phenoxy) is 1. The van der Waals surface area contributed by atoms with Gasteiger partial charge in [-0.3, -0.25) is 0 Å². The summed E-state index contributed by atoms with van der Waals surface area (Å²) in [4.78, 5) is 18.7. The SMILES string of the molecule is NC=Cc1ncc(SCc2ccc(OCC(=CN)c3ncc(SCl)cn3)cc2)cn1. The van der Waals surface area contributed by atoms with Crippen LogP contribution in [0.3, 0.4) is 0 Å². The Labute approximate surface area is 187 Å². The minimum atomic E-state index is 0.263. The van der Waals surface area contributed by atoms with Crippen molar-refractivity contribution in [3.05, 3.63) is 78.7 Å². The van der Waals surface area contributed by atoms with E-state index in [2.05, 4.69) is 19.9 Å². The van der Waals surface area contributed by atoms with E-state index in [1.54, 1.807) is 42.6 Å². The predicted octanol–water partition coefficient (Wildman–Crippen LogP) is 4.11. The molecule has 0 radical (unpaired) electrons. The van der Waals surface area contributed by atoms with Gasteiger partial charge in [-0.2, -0.15) is 0 Å². The van der Waals surface area contributed by atoms with Crippen LogP contribution in [0.15, 0.2) is 71.2 Å². The number of aromatic nitrogens is 4. The Hall–Kier alpha value is -2.75. The minimum absolute atomic E-state index is 0.263. The molecule has 0 saturated carbocycles. The van der Waals surface area contributed by atoms with E-state index >= 15 is 0 Å². The average molecular weight is 459 g/mol. The van der Waals surface area contributed by atoms with Crippen LogP contribution in [0.25, 0.3) is 11.6 Å². The van der Waals surface area contributed by atoms with Gasteiger partial charge in [0.05, 0.1) is 4.90 Å². The number of halogens is 1. The van der Waals surface area contributed by atoms with Gasteiger partial charge in [0, 0.05) is 47.2 Å². The molecule has 4 N–H and O–H groups in total. The first-order valence-corrected chi connectivity index (χ1v) is 11.4. The predicted molar refractivity (Wildman–Crippen MR) is 123 cm³/mol. The van der Waals surface area contributed by atoms with Crippen LogP contribution in [0.2, 0.25) is 0 Å². The van der Waals surface area contributed by atoms with Gasteiger partial charge >= 0.3 is 0 Å². The molecule has 0 bridgehead atoms. The van der Waals surface area contributed by atoms with Crippen LogP contribution >= 0.6 is 33.4 Å². The molecule has 0 atom stereocenters. The summed E-state index contributed by atoms with van der Waals surface area (Å²) in [6, 6.07) is 7.88. The van der Waals surface area contributed by atoms with Crippen LogP contribution in [0.4, 0.5) is 0 Å². The highest BCUT2D eigenvalue weighted by molar-refractivity contribution is 8.21. The van der Waals surface area contributed by atoms with Crippen LogP contribution < -0.4 is 16.2 Å². The molecule has 30 heavy (non-hydrogen) atoms. The zero-order chi connectivity index (χ0) is 21.2. The normalized spacial score (nSPS) is 11.7. The van der Waals surface area contributed by atoms with Crippen molar-refractivity contribution in [2.24, 2.45) is 11.5 Å². The maximum absolute atomic E-state index is 5.82. The Balaban J connectivity index is 1.52. The second kappa shape index (κ2) is 11.4. The van der Waals surface area contributed by atoms with Gasteiger partial charge in [-0.1, -0.05) is 12.1 Å². The monoisotopic (exact) mass is 458 g/mol. The highest BCUT2D eigenvalue weighted by atomic mass is 35.7. The number of nitrogens with zero attached hydrogens (tertiary/aromatic N) is 4. The number of rotatable bonds is 9. The van der Waals surface area contributed by atoms with Crippen molar-refractivity contribution in [2.75, 3.05) is 6.61 Å². The molecule has 0 saturated heterocycles. The van der Waals surface area contributed by atoms with Gasteiger partial charge in [0.25, 0.3) is 0 Å². The van der Waals surface area contributed by atoms with E-state index in [0.29, 0.717) is 17.2 Å². The Morgan fingerprint density at radius 3 is 2.23 bits per heavy atom. The zero-order valence-electron chi connectivity index (χ0n) is 15.8. The molecule has 2 heterocycles. The van der Waals surface area contributed by atoms with E-state index in [9.17, 15) is 0 Å². The van der Waals surface area contributed by atoms with Crippen molar-refractivity contribution in [3.63, 3.8) is 0 Å². The first kappa shape index (κ1) is 21.9. The minimum Gasteiger partial charge on any atom is -0.489 e. The molecule has 3 rings (SSSR count). The van der Waals surface area contributed by atoms with Crippen molar-refractivity contribution in [1.29, 1.82) is 0 Å². The molecule has 0 amide bonds. The van der Waals surface area contributed by atoms with Crippen molar-refractivity contribution in [2.45, 2.75) is 15.5 Å². The van der Waals surface area contributed by atoms with Crippen LogP contribution in [0.5, 0.6) is 5.75 Å².